The maximum atomic E-state index is 12.8. The van der Waals surface area contributed by atoms with Crippen molar-refractivity contribution in [3.63, 3.8) is 0 Å². The molecule has 130 valence electrons. The topological polar surface area (TPSA) is 53.5 Å². The molecule has 0 radical (unpaired) electrons. The van der Waals surface area contributed by atoms with Crippen molar-refractivity contribution in [2.75, 3.05) is 13.1 Å². The normalized spacial score (nSPS) is 22.3. The van der Waals surface area contributed by atoms with Crippen LogP contribution in [-0.2, 0) is 11.2 Å². The van der Waals surface area contributed by atoms with Gasteiger partial charge in [0.15, 0.2) is 0 Å². The minimum Gasteiger partial charge on any atom is -0.334 e. The summed E-state index contributed by atoms with van der Waals surface area (Å²) in [6.45, 7) is 1.27. The zero-order valence-electron chi connectivity index (χ0n) is 13.6. The average Bonchev–Trinajstić information content (AvgIpc) is 3.23. The number of hydrogen-bond donors (Lipinski definition) is 0. The molecule has 4 rings (SSSR count). The molecule has 0 spiro atoms. The van der Waals surface area contributed by atoms with Gasteiger partial charge in [-0.15, -0.1) is 0 Å². The van der Waals surface area contributed by atoms with E-state index in [-0.39, 0.29) is 23.9 Å². The van der Waals surface area contributed by atoms with Crippen molar-refractivity contribution in [1.82, 2.24) is 14.8 Å². The quantitative estimate of drug-likeness (QED) is 0.718. The fourth-order valence-electron chi connectivity index (χ4n) is 3.82. The number of fused-ring (bicyclic) bond motifs is 2. The van der Waals surface area contributed by atoms with Gasteiger partial charge >= 0.3 is 0 Å². The van der Waals surface area contributed by atoms with Gasteiger partial charge in [0.2, 0.25) is 5.91 Å². The van der Waals surface area contributed by atoms with Crippen LogP contribution in [0.25, 0.3) is 0 Å². The van der Waals surface area contributed by atoms with Gasteiger partial charge in [-0.2, -0.15) is 11.3 Å². The Hall–Kier alpha value is -1.73. The van der Waals surface area contributed by atoms with E-state index in [9.17, 15) is 9.59 Å². The van der Waals surface area contributed by atoms with Crippen LogP contribution in [-0.4, -0.2) is 51.8 Å². The van der Waals surface area contributed by atoms with E-state index in [2.05, 4.69) is 20.9 Å². The maximum Gasteiger partial charge on any atom is 0.254 e. The molecule has 2 atom stereocenters. The second kappa shape index (κ2) is 6.88. The van der Waals surface area contributed by atoms with Crippen molar-refractivity contribution < 1.29 is 9.59 Å². The van der Waals surface area contributed by atoms with Gasteiger partial charge in [0.05, 0.1) is 12.0 Å². The van der Waals surface area contributed by atoms with Crippen LogP contribution in [0.1, 0.15) is 28.8 Å². The summed E-state index contributed by atoms with van der Waals surface area (Å²) in [5, 5.41) is 3.82. The summed E-state index contributed by atoms with van der Waals surface area (Å²) in [5.41, 5.74) is 1.68. The molecule has 2 aromatic heterocycles. The van der Waals surface area contributed by atoms with Crippen molar-refractivity contribution in [3.05, 3.63) is 50.9 Å². The molecule has 2 amide bonds. The summed E-state index contributed by atoms with van der Waals surface area (Å²) in [7, 11) is 0. The summed E-state index contributed by atoms with van der Waals surface area (Å²) < 4.78 is 0.768. The summed E-state index contributed by atoms with van der Waals surface area (Å²) in [6.07, 6.45) is 4.05. The number of pyridine rings is 1. The van der Waals surface area contributed by atoms with Crippen molar-refractivity contribution in [2.45, 2.75) is 31.3 Å². The number of aromatic nitrogens is 1. The summed E-state index contributed by atoms with van der Waals surface area (Å²) in [5.74, 6) is 0.224. The van der Waals surface area contributed by atoms with Crippen LogP contribution < -0.4 is 0 Å². The third kappa shape index (κ3) is 3.35. The lowest BCUT2D eigenvalue weighted by molar-refractivity contribution is -0.135. The maximum absolute atomic E-state index is 12.8. The number of hydrogen-bond acceptors (Lipinski definition) is 4. The van der Waals surface area contributed by atoms with Crippen LogP contribution in [0.4, 0.5) is 0 Å². The zero-order chi connectivity index (χ0) is 17.4. The molecule has 25 heavy (non-hydrogen) atoms. The average molecular weight is 420 g/mol. The van der Waals surface area contributed by atoms with E-state index >= 15 is 0 Å². The summed E-state index contributed by atoms with van der Waals surface area (Å²) in [4.78, 5) is 33.5. The Balaban J connectivity index is 1.44. The lowest BCUT2D eigenvalue weighted by Gasteiger charge is -2.41. The van der Waals surface area contributed by atoms with Crippen LogP contribution in [0.3, 0.4) is 0 Å². The molecular weight excluding hydrogens is 402 g/mol. The third-order valence-corrected chi connectivity index (χ3v) is 6.12. The first-order valence-corrected chi connectivity index (χ1v) is 10.1. The zero-order valence-corrected chi connectivity index (χ0v) is 16.0. The Bertz CT molecular complexity index is 764. The minimum atomic E-state index is 0.0855. The molecule has 5 nitrogen and oxygen atoms in total. The van der Waals surface area contributed by atoms with Gasteiger partial charge in [0.1, 0.15) is 4.60 Å². The van der Waals surface area contributed by atoms with Gasteiger partial charge in [0.25, 0.3) is 5.91 Å². The summed E-state index contributed by atoms with van der Waals surface area (Å²) in [6, 6.07) is 5.92. The first-order valence-electron chi connectivity index (χ1n) is 8.35. The van der Waals surface area contributed by atoms with Crippen molar-refractivity contribution in [2.24, 2.45) is 0 Å². The SMILES string of the molecule is O=C(c1ccsc1)N1CC2CCC(C1)N2C(=O)Cc1ccc(Br)nc1. The molecule has 0 aromatic carbocycles. The van der Waals surface area contributed by atoms with Crippen LogP contribution >= 0.6 is 27.3 Å². The van der Waals surface area contributed by atoms with E-state index in [4.69, 9.17) is 0 Å². The highest BCUT2D eigenvalue weighted by Gasteiger charge is 2.43. The number of piperazine rings is 1. The van der Waals surface area contributed by atoms with E-state index in [0.29, 0.717) is 19.5 Å². The first kappa shape index (κ1) is 16.7. The number of nitrogens with zero attached hydrogens (tertiary/aromatic N) is 3. The van der Waals surface area contributed by atoms with Crippen LogP contribution in [0.5, 0.6) is 0 Å². The summed E-state index contributed by atoms with van der Waals surface area (Å²) >= 11 is 4.85. The lowest BCUT2D eigenvalue weighted by atomic mass is 10.1. The highest BCUT2D eigenvalue weighted by Crippen LogP contribution is 2.31. The van der Waals surface area contributed by atoms with Crippen LogP contribution in [0.2, 0.25) is 0 Å². The molecule has 2 fully saturated rings. The first-order chi connectivity index (χ1) is 12.1. The van der Waals surface area contributed by atoms with E-state index in [1.165, 1.54) is 11.3 Å². The minimum absolute atomic E-state index is 0.0855. The molecule has 2 aliphatic rings. The molecule has 2 saturated heterocycles. The van der Waals surface area contributed by atoms with Crippen LogP contribution in [0, 0.1) is 0 Å². The molecule has 0 saturated carbocycles. The highest BCUT2D eigenvalue weighted by molar-refractivity contribution is 9.10. The number of rotatable bonds is 3. The molecule has 2 unspecified atom stereocenters. The fourth-order valence-corrected chi connectivity index (χ4v) is 4.69. The molecule has 0 aliphatic carbocycles. The van der Waals surface area contributed by atoms with E-state index in [0.717, 1.165) is 28.6 Å². The standard InChI is InChI=1S/C18H18BrN3O2S/c19-16-4-1-12(8-20-16)7-17(23)22-14-2-3-15(22)10-21(9-14)18(24)13-5-6-25-11-13/h1,4-6,8,11,14-15H,2-3,7,9-10H2. The number of amides is 2. The Morgan fingerprint density at radius 1 is 1.20 bits per heavy atom. The number of likely N-dealkylation sites (tertiary alicyclic amines) is 1. The third-order valence-electron chi connectivity index (χ3n) is 4.97. The molecule has 2 aliphatic heterocycles. The molecule has 2 bridgehead atoms. The predicted molar refractivity (Wildman–Crippen MR) is 99.5 cm³/mol. The fraction of sp³-hybridized carbons (Fsp3) is 0.389. The van der Waals surface area contributed by atoms with Gasteiger partial charge in [-0.05, 0) is 51.8 Å². The monoisotopic (exact) mass is 419 g/mol. The van der Waals surface area contributed by atoms with E-state index in [1.807, 2.05) is 38.8 Å². The number of carbonyl (C=O) groups excluding carboxylic acids is 2. The Labute approximate surface area is 158 Å². The van der Waals surface area contributed by atoms with Crippen molar-refractivity contribution in [1.29, 1.82) is 0 Å². The Morgan fingerprint density at radius 3 is 2.56 bits per heavy atom. The second-order valence-electron chi connectivity index (χ2n) is 6.57. The molecule has 4 heterocycles. The predicted octanol–water partition coefficient (Wildman–Crippen LogP) is 2.96. The van der Waals surface area contributed by atoms with Crippen molar-refractivity contribution in [3.8, 4) is 0 Å². The van der Waals surface area contributed by atoms with E-state index in [1.54, 1.807) is 6.20 Å². The second-order valence-corrected chi connectivity index (χ2v) is 8.17. The molecule has 7 heteroatoms. The number of halogens is 1. The largest absolute Gasteiger partial charge is 0.334 e. The number of carbonyl (C=O) groups is 2. The Kier molecular flexibility index (Phi) is 4.60. The van der Waals surface area contributed by atoms with E-state index < -0.39 is 0 Å². The van der Waals surface area contributed by atoms with Crippen LogP contribution in [0.15, 0.2) is 39.8 Å². The van der Waals surface area contributed by atoms with Crippen molar-refractivity contribution >= 4 is 39.1 Å². The molecule has 0 N–H and O–H groups in total. The highest BCUT2D eigenvalue weighted by atomic mass is 79.9. The Morgan fingerprint density at radius 2 is 1.96 bits per heavy atom. The smallest absolute Gasteiger partial charge is 0.254 e. The lowest BCUT2D eigenvalue weighted by Crippen LogP contribution is -2.57. The molecule has 2 aromatic rings. The van der Waals surface area contributed by atoms with Gasteiger partial charge in [-0.3, -0.25) is 9.59 Å². The number of thiophene rings is 1. The van der Waals surface area contributed by atoms with Gasteiger partial charge in [-0.25, -0.2) is 4.98 Å². The van der Waals surface area contributed by atoms with Gasteiger partial charge in [-0.1, -0.05) is 6.07 Å². The van der Waals surface area contributed by atoms with Gasteiger partial charge < -0.3 is 9.80 Å². The molecular formula is C18H18BrN3O2S. The van der Waals surface area contributed by atoms with Gasteiger partial charge in [0, 0.05) is 36.8 Å².